The summed E-state index contributed by atoms with van der Waals surface area (Å²) < 4.78 is 0. The lowest BCUT2D eigenvalue weighted by Crippen LogP contribution is -2.13. The highest BCUT2D eigenvalue weighted by Gasteiger charge is 2.06. The van der Waals surface area contributed by atoms with E-state index in [4.69, 9.17) is 0 Å². The van der Waals surface area contributed by atoms with Gasteiger partial charge in [0, 0.05) is 31.0 Å². The molecule has 0 spiro atoms. The highest BCUT2D eigenvalue weighted by atomic mass is 16.1. The van der Waals surface area contributed by atoms with Crippen molar-refractivity contribution < 1.29 is 4.79 Å². The van der Waals surface area contributed by atoms with Gasteiger partial charge in [0.1, 0.15) is 0 Å². The van der Waals surface area contributed by atoms with Gasteiger partial charge in [-0.3, -0.25) is 4.79 Å². The molecule has 0 bridgehead atoms. The Hall–Kier alpha value is -2.29. The van der Waals surface area contributed by atoms with Gasteiger partial charge in [-0.25, -0.2) is 0 Å². The van der Waals surface area contributed by atoms with Crippen molar-refractivity contribution >= 4 is 17.3 Å². The van der Waals surface area contributed by atoms with Crippen molar-refractivity contribution in [3.05, 3.63) is 59.7 Å². The van der Waals surface area contributed by atoms with Crippen LogP contribution in [-0.2, 0) is 0 Å². The topological polar surface area (TPSA) is 32.3 Å². The van der Waals surface area contributed by atoms with E-state index in [0.29, 0.717) is 5.56 Å². The summed E-state index contributed by atoms with van der Waals surface area (Å²) in [5, 5.41) is 2.88. The number of rotatable bonds is 3. The van der Waals surface area contributed by atoms with Crippen LogP contribution in [0.2, 0.25) is 0 Å². The zero-order valence-corrected chi connectivity index (χ0v) is 11.5. The van der Waals surface area contributed by atoms with Crippen LogP contribution in [0.15, 0.2) is 48.5 Å². The predicted molar refractivity (Wildman–Crippen MR) is 79.9 cm³/mol. The van der Waals surface area contributed by atoms with E-state index in [1.54, 1.807) is 0 Å². The number of aryl methyl sites for hydroxylation is 1. The molecule has 0 atom stereocenters. The van der Waals surface area contributed by atoms with Crippen LogP contribution in [-0.4, -0.2) is 20.0 Å². The lowest BCUT2D eigenvalue weighted by molar-refractivity contribution is 0.102. The van der Waals surface area contributed by atoms with Gasteiger partial charge in [-0.1, -0.05) is 17.7 Å². The second kappa shape index (κ2) is 5.57. The molecule has 19 heavy (non-hydrogen) atoms. The summed E-state index contributed by atoms with van der Waals surface area (Å²) in [4.78, 5) is 14.1. The summed E-state index contributed by atoms with van der Waals surface area (Å²) in [7, 11) is 3.95. The quantitative estimate of drug-likeness (QED) is 0.911. The summed E-state index contributed by atoms with van der Waals surface area (Å²) in [5.74, 6) is -0.0887. The Morgan fingerprint density at radius 2 is 1.53 bits per heavy atom. The largest absolute Gasteiger partial charge is 0.378 e. The molecule has 0 saturated heterocycles. The smallest absolute Gasteiger partial charge is 0.255 e. The van der Waals surface area contributed by atoms with Gasteiger partial charge in [-0.05, 0) is 43.3 Å². The first kappa shape index (κ1) is 13.1. The molecule has 1 amide bonds. The van der Waals surface area contributed by atoms with Crippen LogP contribution in [0.3, 0.4) is 0 Å². The molecule has 0 aliphatic carbocycles. The molecule has 0 aliphatic heterocycles. The first-order valence-electron chi connectivity index (χ1n) is 6.21. The lowest BCUT2D eigenvalue weighted by atomic mass is 10.1. The molecular formula is C16H18N2O. The molecular weight excluding hydrogens is 236 g/mol. The molecule has 0 aliphatic rings. The Kier molecular flexibility index (Phi) is 3.85. The number of benzene rings is 2. The van der Waals surface area contributed by atoms with Gasteiger partial charge in [0.2, 0.25) is 0 Å². The van der Waals surface area contributed by atoms with Crippen molar-refractivity contribution in [1.82, 2.24) is 0 Å². The van der Waals surface area contributed by atoms with Crippen molar-refractivity contribution in [2.24, 2.45) is 0 Å². The molecule has 0 heterocycles. The number of carbonyl (C=O) groups is 1. The number of hydrogen-bond donors (Lipinski definition) is 1. The molecule has 0 fully saturated rings. The van der Waals surface area contributed by atoms with E-state index in [1.807, 2.05) is 74.4 Å². The van der Waals surface area contributed by atoms with Gasteiger partial charge in [0.05, 0.1) is 0 Å². The molecule has 1 N–H and O–H groups in total. The van der Waals surface area contributed by atoms with Gasteiger partial charge >= 0.3 is 0 Å². The third-order valence-corrected chi connectivity index (χ3v) is 2.96. The third kappa shape index (κ3) is 3.35. The minimum absolute atomic E-state index is 0.0887. The predicted octanol–water partition coefficient (Wildman–Crippen LogP) is 3.31. The molecule has 2 aromatic carbocycles. The normalized spacial score (nSPS) is 10.1. The summed E-state index contributed by atoms with van der Waals surface area (Å²) in [5.41, 5.74) is 3.72. The highest BCUT2D eigenvalue weighted by Crippen LogP contribution is 2.14. The van der Waals surface area contributed by atoms with E-state index in [0.717, 1.165) is 11.4 Å². The summed E-state index contributed by atoms with van der Waals surface area (Å²) in [6.45, 7) is 2.02. The zero-order valence-electron chi connectivity index (χ0n) is 11.5. The fourth-order valence-electron chi connectivity index (χ4n) is 1.75. The van der Waals surface area contributed by atoms with Crippen LogP contribution in [0.5, 0.6) is 0 Å². The second-order valence-electron chi connectivity index (χ2n) is 4.76. The van der Waals surface area contributed by atoms with E-state index >= 15 is 0 Å². The fraction of sp³-hybridized carbons (Fsp3) is 0.188. The lowest BCUT2D eigenvalue weighted by Gasteiger charge is -2.12. The maximum atomic E-state index is 12.1. The number of nitrogens with zero attached hydrogens (tertiary/aromatic N) is 1. The van der Waals surface area contributed by atoms with Crippen molar-refractivity contribution in [3.63, 3.8) is 0 Å². The SMILES string of the molecule is Cc1ccc(NC(=O)c2ccc(N(C)C)cc2)cc1. The number of hydrogen-bond acceptors (Lipinski definition) is 2. The van der Waals surface area contributed by atoms with Gasteiger partial charge in [-0.15, -0.1) is 0 Å². The minimum Gasteiger partial charge on any atom is -0.378 e. The minimum atomic E-state index is -0.0887. The molecule has 3 heteroatoms. The van der Waals surface area contributed by atoms with Crippen LogP contribution in [0, 0.1) is 6.92 Å². The summed E-state index contributed by atoms with van der Waals surface area (Å²) in [6, 6.07) is 15.3. The van der Waals surface area contributed by atoms with Crippen LogP contribution in [0.4, 0.5) is 11.4 Å². The number of amides is 1. The van der Waals surface area contributed by atoms with Crippen LogP contribution >= 0.6 is 0 Å². The van der Waals surface area contributed by atoms with E-state index < -0.39 is 0 Å². The first-order valence-corrected chi connectivity index (χ1v) is 6.21. The number of carbonyl (C=O) groups excluding carboxylic acids is 1. The molecule has 98 valence electrons. The molecule has 2 aromatic rings. The number of anilines is 2. The van der Waals surface area contributed by atoms with Gasteiger partial charge in [0.15, 0.2) is 0 Å². The second-order valence-corrected chi connectivity index (χ2v) is 4.76. The average Bonchev–Trinajstić information content (AvgIpc) is 2.41. The van der Waals surface area contributed by atoms with Crippen molar-refractivity contribution in [2.75, 3.05) is 24.3 Å². The van der Waals surface area contributed by atoms with Crippen molar-refractivity contribution in [2.45, 2.75) is 6.92 Å². The number of nitrogens with one attached hydrogen (secondary N) is 1. The van der Waals surface area contributed by atoms with Gasteiger partial charge in [0.25, 0.3) is 5.91 Å². The highest BCUT2D eigenvalue weighted by molar-refractivity contribution is 6.04. The van der Waals surface area contributed by atoms with Gasteiger partial charge in [-0.2, -0.15) is 0 Å². The maximum Gasteiger partial charge on any atom is 0.255 e. The van der Waals surface area contributed by atoms with Gasteiger partial charge < -0.3 is 10.2 Å². The Bertz CT molecular complexity index is 556. The van der Waals surface area contributed by atoms with Crippen LogP contribution in [0.1, 0.15) is 15.9 Å². The maximum absolute atomic E-state index is 12.1. The average molecular weight is 254 g/mol. The fourth-order valence-corrected chi connectivity index (χ4v) is 1.75. The Morgan fingerprint density at radius 3 is 2.05 bits per heavy atom. The Morgan fingerprint density at radius 1 is 0.947 bits per heavy atom. The van der Waals surface area contributed by atoms with Crippen molar-refractivity contribution in [3.8, 4) is 0 Å². The van der Waals surface area contributed by atoms with E-state index in [9.17, 15) is 4.79 Å². The third-order valence-electron chi connectivity index (χ3n) is 2.96. The standard InChI is InChI=1S/C16H18N2O/c1-12-4-8-14(9-5-12)17-16(19)13-6-10-15(11-7-13)18(2)3/h4-11H,1-3H3,(H,17,19). The molecule has 0 aromatic heterocycles. The molecule has 0 unspecified atom stereocenters. The summed E-state index contributed by atoms with van der Waals surface area (Å²) in [6.07, 6.45) is 0. The van der Waals surface area contributed by atoms with E-state index in [2.05, 4.69) is 5.32 Å². The monoisotopic (exact) mass is 254 g/mol. The Balaban J connectivity index is 2.09. The van der Waals surface area contributed by atoms with E-state index in [1.165, 1.54) is 5.56 Å². The molecule has 0 saturated carbocycles. The zero-order chi connectivity index (χ0) is 13.8. The summed E-state index contributed by atoms with van der Waals surface area (Å²) >= 11 is 0. The van der Waals surface area contributed by atoms with E-state index in [-0.39, 0.29) is 5.91 Å². The Labute approximate surface area is 113 Å². The van der Waals surface area contributed by atoms with Crippen LogP contribution in [0.25, 0.3) is 0 Å². The molecule has 3 nitrogen and oxygen atoms in total. The first-order chi connectivity index (χ1) is 9.06. The van der Waals surface area contributed by atoms with Crippen LogP contribution < -0.4 is 10.2 Å². The molecule has 2 rings (SSSR count). The molecule has 0 radical (unpaired) electrons. The van der Waals surface area contributed by atoms with Crippen molar-refractivity contribution in [1.29, 1.82) is 0 Å².